The summed E-state index contributed by atoms with van der Waals surface area (Å²) in [6.07, 6.45) is 4.98. The molecule has 1 aliphatic rings. The van der Waals surface area contributed by atoms with E-state index in [-0.39, 0.29) is 17.8 Å². The van der Waals surface area contributed by atoms with Crippen molar-refractivity contribution in [3.8, 4) is 0 Å². The van der Waals surface area contributed by atoms with Crippen molar-refractivity contribution >= 4 is 10.9 Å². The predicted octanol–water partition coefficient (Wildman–Crippen LogP) is 4.08. The topological polar surface area (TPSA) is 40.7 Å². The summed E-state index contributed by atoms with van der Waals surface area (Å²) < 4.78 is 13.4. The Morgan fingerprint density at radius 2 is 2.17 bits per heavy atom. The minimum Gasteiger partial charge on any atom is -0.358 e. The van der Waals surface area contributed by atoms with Crippen LogP contribution in [-0.2, 0) is 6.42 Å². The Kier molecular flexibility index (Phi) is 3.62. The van der Waals surface area contributed by atoms with Gasteiger partial charge in [0.1, 0.15) is 5.82 Å². The number of aromatic nitrogens is 2. The molecule has 2 aromatic heterocycles. The van der Waals surface area contributed by atoms with Crippen LogP contribution in [0, 0.1) is 5.82 Å². The monoisotopic (exact) mass is 309 g/mol. The van der Waals surface area contributed by atoms with Crippen LogP contribution in [0.15, 0.2) is 42.7 Å². The lowest BCUT2D eigenvalue weighted by atomic mass is 9.88. The Hall–Kier alpha value is -2.20. The van der Waals surface area contributed by atoms with E-state index in [0.29, 0.717) is 0 Å². The SMILES string of the molecule is CC(CC1NCCc2[nH]c3ccccc3c21)c1cncc(F)c1. The number of para-hydroxylation sites is 1. The third kappa shape index (κ3) is 2.63. The summed E-state index contributed by atoms with van der Waals surface area (Å²) in [5, 5.41) is 4.93. The summed E-state index contributed by atoms with van der Waals surface area (Å²) in [5.74, 6) is -0.0194. The van der Waals surface area contributed by atoms with E-state index in [1.54, 1.807) is 12.3 Å². The molecule has 3 nitrogen and oxygen atoms in total. The van der Waals surface area contributed by atoms with E-state index in [9.17, 15) is 4.39 Å². The number of nitrogens with zero attached hydrogens (tertiary/aromatic N) is 1. The van der Waals surface area contributed by atoms with Gasteiger partial charge < -0.3 is 10.3 Å². The predicted molar refractivity (Wildman–Crippen MR) is 90.0 cm³/mol. The second kappa shape index (κ2) is 5.78. The first-order valence-corrected chi connectivity index (χ1v) is 8.15. The van der Waals surface area contributed by atoms with Crippen LogP contribution in [0.5, 0.6) is 0 Å². The summed E-state index contributed by atoms with van der Waals surface area (Å²) in [6.45, 7) is 3.11. The molecule has 0 radical (unpaired) electrons. The molecule has 2 unspecified atom stereocenters. The summed E-state index contributed by atoms with van der Waals surface area (Å²) in [6, 6.07) is 10.3. The molecule has 2 atom stereocenters. The quantitative estimate of drug-likeness (QED) is 0.765. The lowest BCUT2D eigenvalue weighted by Crippen LogP contribution is -2.30. The molecule has 0 bridgehead atoms. The van der Waals surface area contributed by atoms with Crippen LogP contribution in [0.25, 0.3) is 10.9 Å². The van der Waals surface area contributed by atoms with Crippen molar-refractivity contribution in [1.82, 2.24) is 15.3 Å². The van der Waals surface area contributed by atoms with Gasteiger partial charge in [0.05, 0.1) is 6.20 Å². The molecule has 0 fully saturated rings. The van der Waals surface area contributed by atoms with E-state index in [1.807, 2.05) is 0 Å². The van der Waals surface area contributed by atoms with Crippen LogP contribution in [-0.4, -0.2) is 16.5 Å². The maximum atomic E-state index is 13.4. The van der Waals surface area contributed by atoms with E-state index < -0.39 is 0 Å². The molecule has 1 aliphatic heterocycles. The van der Waals surface area contributed by atoms with Crippen LogP contribution >= 0.6 is 0 Å². The Bertz CT molecular complexity index is 840. The van der Waals surface area contributed by atoms with Crippen LogP contribution in [0.2, 0.25) is 0 Å². The van der Waals surface area contributed by atoms with Crippen molar-refractivity contribution in [3.63, 3.8) is 0 Å². The van der Waals surface area contributed by atoms with Gasteiger partial charge in [-0.25, -0.2) is 4.39 Å². The van der Waals surface area contributed by atoms with E-state index in [2.05, 4.69) is 46.5 Å². The summed E-state index contributed by atoms with van der Waals surface area (Å²) in [7, 11) is 0. The van der Waals surface area contributed by atoms with Gasteiger partial charge in [-0.05, 0) is 35.6 Å². The fourth-order valence-corrected chi connectivity index (χ4v) is 3.68. The molecule has 4 heteroatoms. The average molecular weight is 309 g/mol. The highest BCUT2D eigenvalue weighted by molar-refractivity contribution is 5.85. The minimum absolute atomic E-state index is 0.246. The van der Waals surface area contributed by atoms with Crippen molar-refractivity contribution in [2.24, 2.45) is 0 Å². The maximum absolute atomic E-state index is 13.4. The van der Waals surface area contributed by atoms with E-state index >= 15 is 0 Å². The fraction of sp³-hybridized carbons (Fsp3) is 0.316. The largest absolute Gasteiger partial charge is 0.358 e. The number of benzene rings is 1. The Labute approximate surface area is 134 Å². The molecule has 0 aliphatic carbocycles. The molecule has 23 heavy (non-hydrogen) atoms. The van der Waals surface area contributed by atoms with Crippen molar-refractivity contribution in [2.75, 3.05) is 6.54 Å². The highest BCUT2D eigenvalue weighted by Crippen LogP contribution is 2.36. The number of halogens is 1. The molecule has 0 saturated carbocycles. The molecule has 1 aromatic carbocycles. The Morgan fingerprint density at radius 3 is 3.04 bits per heavy atom. The summed E-state index contributed by atoms with van der Waals surface area (Å²) in [5.41, 5.74) is 4.87. The van der Waals surface area contributed by atoms with Crippen molar-refractivity contribution < 1.29 is 4.39 Å². The molecule has 0 amide bonds. The Morgan fingerprint density at radius 1 is 1.30 bits per heavy atom. The number of aromatic amines is 1. The lowest BCUT2D eigenvalue weighted by molar-refractivity contribution is 0.445. The number of nitrogens with one attached hydrogen (secondary N) is 2. The molecule has 3 heterocycles. The van der Waals surface area contributed by atoms with Gasteiger partial charge in [0.2, 0.25) is 0 Å². The third-order valence-electron chi connectivity index (χ3n) is 4.83. The number of H-pyrrole nitrogens is 1. The normalized spacial score (nSPS) is 18.8. The first-order chi connectivity index (χ1) is 11.2. The molecule has 0 saturated heterocycles. The molecule has 2 N–H and O–H groups in total. The van der Waals surface area contributed by atoms with Gasteiger partial charge >= 0.3 is 0 Å². The smallest absolute Gasteiger partial charge is 0.141 e. The number of hydrogen-bond donors (Lipinski definition) is 2. The second-order valence-electron chi connectivity index (χ2n) is 6.39. The molecule has 0 spiro atoms. The lowest BCUT2D eigenvalue weighted by Gasteiger charge is -2.27. The highest BCUT2D eigenvalue weighted by atomic mass is 19.1. The van der Waals surface area contributed by atoms with Gasteiger partial charge in [-0.3, -0.25) is 4.98 Å². The first-order valence-electron chi connectivity index (χ1n) is 8.15. The van der Waals surface area contributed by atoms with E-state index in [4.69, 9.17) is 0 Å². The third-order valence-corrected chi connectivity index (χ3v) is 4.83. The zero-order valence-corrected chi connectivity index (χ0v) is 13.1. The standard InChI is InChI=1S/C19H20FN3/c1-12(13-9-14(20)11-21-10-13)8-18-19-15-4-2-3-5-16(15)23-17(19)6-7-22-18/h2-5,9-12,18,22-23H,6-8H2,1H3. The number of hydrogen-bond acceptors (Lipinski definition) is 2. The second-order valence-corrected chi connectivity index (χ2v) is 6.39. The number of pyridine rings is 1. The van der Waals surface area contributed by atoms with E-state index in [1.165, 1.54) is 28.4 Å². The Balaban J connectivity index is 1.66. The fourth-order valence-electron chi connectivity index (χ4n) is 3.68. The van der Waals surface area contributed by atoms with Gasteiger partial charge in [-0.2, -0.15) is 0 Å². The van der Waals surface area contributed by atoms with Gasteiger partial charge in [0.25, 0.3) is 0 Å². The summed E-state index contributed by atoms with van der Waals surface area (Å²) in [4.78, 5) is 7.54. The van der Waals surface area contributed by atoms with E-state index in [0.717, 1.165) is 24.9 Å². The van der Waals surface area contributed by atoms with Crippen molar-refractivity contribution in [2.45, 2.75) is 31.7 Å². The van der Waals surface area contributed by atoms with Crippen LogP contribution in [0.3, 0.4) is 0 Å². The number of fused-ring (bicyclic) bond motifs is 3. The average Bonchev–Trinajstić information content (AvgIpc) is 2.94. The zero-order valence-electron chi connectivity index (χ0n) is 13.1. The van der Waals surface area contributed by atoms with Crippen LogP contribution < -0.4 is 5.32 Å². The van der Waals surface area contributed by atoms with Crippen molar-refractivity contribution in [1.29, 1.82) is 0 Å². The number of rotatable bonds is 3. The highest BCUT2D eigenvalue weighted by Gasteiger charge is 2.26. The minimum atomic E-state index is -0.265. The van der Waals surface area contributed by atoms with Crippen LogP contribution in [0.4, 0.5) is 4.39 Å². The molecular weight excluding hydrogens is 289 g/mol. The first kappa shape index (κ1) is 14.4. The van der Waals surface area contributed by atoms with Gasteiger partial charge in [-0.15, -0.1) is 0 Å². The van der Waals surface area contributed by atoms with Crippen LogP contribution in [0.1, 0.15) is 42.1 Å². The summed E-state index contributed by atoms with van der Waals surface area (Å²) >= 11 is 0. The molecule has 118 valence electrons. The van der Waals surface area contributed by atoms with Gasteiger partial charge in [0.15, 0.2) is 0 Å². The zero-order chi connectivity index (χ0) is 15.8. The maximum Gasteiger partial charge on any atom is 0.141 e. The molecule has 4 rings (SSSR count). The molecule has 3 aromatic rings. The van der Waals surface area contributed by atoms with Gasteiger partial charge in [-0.1, -0.05) is 25.1 Å². The van der Waals surface area contributed by atoms with Gasteiger partial charge in [0, 0.05) is 41.8 Å². The van der Waals surface area contributed by atoms with Crippen molar-refractivity contribution in [3.05, 3.63) is 65.4 Å². The molecular formula is C19H20FN3.